The number of nitrogens with one attached hydrogen (secondary N) is 2. The van der Waals surface area contributed by atoms with E-state index in [4.69, 9.17) is 11.6 Å². The SMILES string of the molecule is O=S(=O)(CC1CCNCC1)Nc1c(F)cc(F)cc1Cl. The van der Waals surface area contributed by atoms with Crippen molar-refractivity contribution in [2.24, 2.45) is 5.92 Å². The molecule has 1 heterocycles. The van der Waals surface area contributed by atoms with Crippen molar-refractivity contribution in [3.05, 3.63) is 28.8 Å². The minimum Gasteiger partial charge on any atom is -0.317 e. The summed E-state index contributed by atoms with van der Waals surface area (Å²) in [4.78, 5) is 0. The molecule has 1 aliphatic heterocycles. The Morgan fingerprint density at radius 3 is 2.55 bits per heavy atom. The van der Waals surface area contributed by atoms with Gasteiger partial charge in [0.05, 0.1) is 10.8 Å². The van der Waals surface area contributed by atoms with Crippen LogP contribution in [0, 0.1) is 17.6 Å². The maximum absolute atomic E-state index is 13.6. The van der Waals surface area contributed by atoms with Crippen LogP contribution in [0.25, 0.3) is 0 Å². The molecule has 1 aliphatic rings. The van der Waals surface area contributed by atoms with Gasteiger partial charge in [0.25, 0.3) is 0 Å². The fourth-order valence-corrected chi connectivity index (χ4v) is 4.05. The van der Waals surface area contributed by atoms with Crippen LogP contribution in [0.15, 0.2) is 12.1 Å². The second-order valence-corrected chi connectivity index (χ2v) is 7.00. The van der Waals surface area contributed by atoms with E-state index in [0.29, 0.717) is 6.07 Å². The number of rotatable bonds is 4. The molecular formula is C12H15ClF2N2O2S. The second-order valence-electron chi connectivity index (χ2n) is 4.82. The van der Waals surface area contributed by atoms with Gasteiger partial charge in [-0.25, -0.2) is 17.2 Å². The molecule has 0 unspecified atom stereocenters. The molecule has 0 bridgehead atoms. The molecule has 0 radical (unpaired) electrons. The first-order valence-corrected chi connectivity index (χ1v) is 8.26. The molecule has 8 heteroatoms. The zero-order chi connectivity index (χ0) is 14.8. The van der Waals surface area contributed by atoms with E-state index >= 15 is 0 Å². The fourth-order valence-electron chi connectivity index (χ4n) is 2.20. The van der Waals surface area contributed by atoms with Gasteiger partial charge < -0.3 is 5.32 Å². The predicted molar refractivity (Wildman–Crippen MR) is 74.4 cm³/mol. The highest BCUT2D eigenvalue weighted by Gasteiger charge is 2.23. The van der Waals surface area contributed by atoms with Gasteiger partial charge in [0, 0.05) is 6.07 Å². The maximum atomic E-state index is 13.6. The molecule has 1 saturated heterocycles. The van der Waals surface area contributed by atoms with Crippen molar-refractivity contribution >= 4 is 27.3 Å². The number of sulfonamides is 1. The molecule has 1 aromatic carbocycles. The first-order valence-electron chi connectivity index (χ1n) is 6.23. The van der Waals surface area contributed by atoms with Crippen molar-refractivity contribution in [3.8, 4) is 0 Å². The number of hydrogen-bond acceptors (Lipinski definition) is 3. The van der Waals surface area contributed by atoms with Crippen LogP contribution >= 0.6 is 11.6 Å². The van der Waals surface area contributed by atoms with Crippen LogP contribution in [-0.2, 0) is 10.0 Å². The summed E-state index contributed by atoms with van der Waals surface area (Å²) < 4.78 is 52.6. The molecule has 0 spiro atoms. The van der Waals surface area contributed by atoms with E-state index in [1.165, 1.54) is 0 Å². The van der Waals surface area contributed by atoms with Crippen molar-refractivity contribution in [1.29, 1.82) is 0 Å². The zero-order valence-corrected chi connectivity index (χ0v) is 12.2. The van der Waals surface area contributed by atoms with Crippen LogP contribution < -0.4 is 10.0 Å². The van der Waals surface area contributed by atoms with Gasteiger partial charge in [0.1, 0.15) is 11.5 Å². The van der Waals surface area contributed by atoms with E-state index in [0.717, 1.165) is 32.0 Å². The molecule has 2 N–H and O–H groups in total. The molecule has 4 nitrogen and oxygen atoms in total. The van der Waals surface area contributed by atoms with Gasteiger partial charge in [0.15, 0.2) is 5.82 Å². The van der Waals surface area contributed by atoms with Crippen molar-refractivity contribution < 1.29 is 17.2 Å². The highest BCUT2D eigenvalue weighted by Crippen LogP contribution is 2.28. The van der Waals surface area contributed by atoms with Gasteiger partial charge in [-0.1, -0.05) is 11.6 Å². The lowest BCUT2D eigenvalue weighted by Crippen LogP contribution is -2.33. The number of halogens is 3. The summed E-state index contributed by atoms with van der Waals surface area (Å²) in [5, 5.41) is 2.84. The lowest BCUT2D eigenvalue weighted by molar-refractivity contribution is 0.402. The Labute approximate surface area is 121 Å². The Morgan fingerprint density at radius 2 is 1.95 bits per heavy atom. The summed E-state index contributed by atoms with van der Waals surface area (Å²) in [5.41, 5.74) is -0.401. The van der Waals surface area contributed by atoms with E-state index in [1.54, 1.807) is 0 Å². The minimum absolute atomic E-state index is 0.0241. The second kappa shape index (κ2) is 6.24. The maximum Gasteiger partial charge on any atom is 0.233 e. The molecule has 1 fully saturated rings. The average Bonchev–Trinajstić information content (AvgIpc) is 2.34. The van der Waals surface area contributed by atoms with Crippen molar-refractivity contribution in [2.45, 2.75) is 12.8 Å². The smallest absolute Gasteiger partial charge is 0.233 e. The van der Waals surface area contributed by atoms with Gasteiger partial charge in [0.2, 0.25) is 10.0 Å². The summed E-state index contributed by atoms with van der Waals surface area (Å²) in [5.74, 6) is -1.95. The van der Waals surface area contributed by atoms with Crippen LogP contribution in [0.4, 0.5) is 14.5 Å². The summed E-state index contributed by atoms with van der Waals surface area (Å²) >= 11 is 5.67. The normalized spacial score (nSPS) is 17.1. The standard InChI is InChI=1S/C12H15ClF2N2O2S/c13-10-5-9(14)6-11(15)12(10)17-20(18,19)7-8-1-3-16-4-2-8/h5-6,8,16-17H,1-4,7H2. The van der Waals surface area contributed by atoms with Gasteiger partial charge >= 0.3 is 0 Å². The highest BCUT2D eigenvalue weighted by atomic mass is 35.5. The number of hydrogen-bond donors (Lipinski definition) is 2. The van der Waals surface area contributed by atoms with Gasteiger partial charge in [-0.15, -0.1) is 0 Å². The van der Waals surface area contributed by atoms with Gasteiger partial charge in [-0.2, -0.15) is 0 Å². The summed E-state index contributed by atoms with van der Waals surface area (Å²) in [6.07, 6.45) is 1.50. The predicted octanol–water partition coefficient (Wildman–Crippen LogP) is 2.36. The quantitative estimate of drug-likeness (QED) is 0.894. The molecule has 0 amide bonds. The molecule has 112 valence electrons. The highest BCUT2D eigenvalue weighted by molar-refractivity contribution is 7.92. The van der Waals surface area contributed by atoms with E-state index in [1.807, 2.05) is 0 Å². The monoisotopic (exact) mass is 324 g/mol. The van der Waals surface area contributed by atoms with Crippen LogP contribution in [0.3, 0.4) is 0 Å². The van der Waals surface area contributed by atoms with E-state index in [2.05, 4.69) is 10.0 Å². The topological polar surface area (TPSA) is 58.2 Å². The van der Waals surface area contributed by atoms with Crippen LogP contribution in [0.2, 0.25) is 5.02 Å². The Kier molecular flexibility index (Phi) is 4.82. The molecule has 1 aromatic rings. The Balaban J connectivity index is 2.11. The summed E-state index contributed by atoms with van der Waals surface area (Å²) in [6.45, 7) is 1.54. The lowest BCUT2D eigenvalue weighted by atomic mass is 10.0. The van der Waals surface area contributed by atoms with Crippen molar-refractivity contribution in [1.82, 2.24) is 5.32 Å². The lowest BCUT2D eigenvalue weighted by Gasteiger charge is -2.22. The summed E-state index contributed by atoms with van der Waals surface area (Å²) in [7, 11) is -3.72. The number of piperidine rings is 1. The zero-order valence-electron chi connectivity index (χ0n) is 10.6. The van der Waals surface area contributed by atoms with E-state index < -0.39 is 27.3 Å². The van der Waals surface area contributed by atoms with Crippen LogP contribution in [0.1, 0.15) is 12.8 Å². The summed E-state index contributed by atoms with van der Waals surface area (Å²) in [6, 6.07) is 1.46. The van der Waals surface area contributed by atoms with Crippen molar-refractivity contribution in [2.75, 3.05) is 23.6 Å². The Morgan fingerprint density at radius 1 is 1.30 bits per heavy atom. The van der Waals surface area contributed by atoms with Gasteiger partial charge in [-0.3, -0.25) is 4.72 Å². The molecule has 20 heavy (non-hydrogen) atoms. The minimum atomic E-state index is -3.72. The number of benzene rings is 1. The molecule has 0 saturated carbocycles. The fraction of sp³-hybridized carbons (Fsp3) is 0.500. The molecule has 0 aliphatic carbocycles. The Bertz CT molecular complexity index is 566. The third kappa shape index (κ3) is 4.04. The first kappa shape index (κ1) is 15.5. The van der Waals surface area contributed by atoms with Crippen LogP contribution in [0.5, 0.6) is 0 Å². The third-order valence-corrected chi connectivity index (χ3v) is 4.90. The largest absolute Gasteiger partial charge is 0.317 e. The van der Waals surface area contributed by atoms with E-state index in [-0.39, 0.29) is 16.7 Å². The molecule has 0 atom stereocenters. The number of anilines is 1. The average molecular weight is 325 g/mol. The van der Waals surface area contributed by atoms with E-state index in [9.17, 15) is 17.2 Å². The molecule has 0 aromatic heterocycles. The van der Waals surface area contributed by atoms with Crippen LogP contribution in [-0.4, -0.2) is 27.3 Å². The third-order valence-electron chi connectivity index (χ3n) is 3.18. The molecular weight excluding hydrogens is 310 g/mol. The van der Waals surface area contributed by atoms with Gasteiger partial charge in [-0.05, 0) is 37.9 Å². The van der Waals surface area contributed by atoms with Crippen molar-refractivity contribution in [3.63, 3.8) is 0 Å². The Hall–Kier alpha value is -0.920. The molecule has 2 rings (SSSR count). The first-order chi connectivity index (χ1) is 9.37.